The molecule has 152 valence electrons. The third kappa shape index (κ3) is 7.47. The summed E-state index contributed by atoms with van der Waals surface area (Å²) in [6.07, 6.45) is -23.7. The predicted molar refractivity (Wildman–Crippen MR) is 57.0 cm³/mol. The van der Waals surface area contributed by atoms with Crippen molar-refractivity contribution in [3.05, 3.63) is 0 Å². The van der Waals surface area contributed by atoms with Crippen LogP contribution in [0.1, 0.15) is 0 Å². The molecule has 0 saturated carbocycles. The highest BCUT2D eigenvalue weighted by molar-refractivity contribution is 7.83. The first-order valence-electron chi connectivity index (χ1n) is 5.71. The second-order valence-electron chi connectivity index (χ2n) is 4.10. The largest absolute Gasteiger partial charge is 0.482 e. The molecule has 0 radical (unpaired) electrons. The summed E-state index contributed by atoms with van der Waals surface area (Å²) < 4.78 is 156. The van der Waals surface area contributed by atoms with Crippen molar-refractivity contribution in [3.8, 4) is 0 Å². The lowest BCUT2D eigenvalue weighted by Gasteiger charge is -2.24. The molecule has 0 saturated heterocycles. The first-order valence-corrected chi connectivity index (χ1v) is 7.10. The minimum atomic E-state index is -6.15. The van der Waals surface area contributed by atoms with Gasteiger partial charge in [0.15, 0.2) is 0 Å². The van der Waals surface area contributed by atoms with Crippen LogP contribution in [0.2, 0.25) is 0 Å². The Morgan fingerprint density at radius 2 is 1.00 bits per heavy atom. The molecule has 0 rings (SSSR count). The molecule has 0 amide bonds. The van der Waals surface area contributed by atoms with E-state index < -0.39 is 65.5 Å². The van der Waals surface area contributed by atoms with Gasteiger partial charge in [0.25, 0.3) is 0 Å². The van der Waals surface area contributed by atoms with Gasteiger partial charge in [-0.05, 0) is 0 Å². The number of alkyl halides is 10. The summed E-state index contributed by atoms with van der Waals surface area (Å²) in [6.45, 7) is -6.21. The van der Waals surface area contributed by atoms with Gasteiger partial charge in [-0.1, -0.05) is 0 Å². The number of ether oxygens (including phenoxy) is 2. The number of rotatable bonds is 9. The molecule has 0 aliphatic rings. The Morgan fingerprint density at radius 3 is 1.20 bits per heavy atom. The number of hydrogen-bond donors (Lipinski definition) is 1. The Kier molecular flexibility index (Phi) is 7.48. The van der Waals surface area contributed by atoms with Crippen molar-refractivity contribution in [3.63, 3.8) is 0 Å². The molecule has 0 unspecified atom stereocenters. The maximum atomic E-state index is 12.4. The van der Waals surface area contributed by atoms with Crippen LogP contribution in [0.5, 0.6) is 0 Å². The lowest BCUT2D eigenvalue weighted by atomic mass is 10.5. The summed E-state index contributed by atoms with van der Waals surface area (Å²) in [7, 11) is -5.35. The number of nitrogens with zero attached hydrogens (tertiary/aromatic N) is 1. The van der Waals surface area contributed by atoms with Gasteiger partial charge in [0.05, 0.1) is 13.2 Å². The third-order valence-corrected chi connectivity index (χ3v) is 3.25. The van der Waals surface area contributed by atoms with Gasteiger partial charge in [-0.15, -0.1) is 0 Å². The molecule has 0 aromatic carbocycles. The summed E-state index contributed by atoms with van der Waals surface area (Å²) in [5.41, 5.74) is 0. The molecule has 6 nitrogen and oxygen atoms in total. The zero-order chi connectivity index (χ0) is 20.3. The van der Waals surface area contributed by atoms with Gasteiger partial charge in [-0.25, -0.2) is 0 Å². The van der Waals surface area contributed by atoms with E-state index in [9.17, 15) is 52.3 Å². The second-order valence-corrected chi connectivity index (χ2v) is 5.51. The van der Waals surface area contributed by atoms with Crippen molar-refractivity contribution in [2.24, 2.45) is 0 Å². The van der Waals surface area contributed by atoms with Crippen molar-refractivity contribution < 1.29 is 66.3 Å². The first-order chi connectivity index (χ1) is 10.8. The molecule has 25 heavy (non-hydrogen) atoms. The van der Waals surface area contributed by atoms with Gasteiger partial charge in [-0.2, -0.15) is 56.6 Å². The van der Waals surface area contributed by atoms with Crippen LogP contribution >= 0.6 is 0 Å². The van der Waals surface area contributed by atoms with E-state index >= 15 is 0 Å². The molecular weight excluding hydrogens is 412 g/mol. The van der Waals surface area contributed by atoms with Crippen LogP contribution in [0.4, 0.5) is 43.9 Å². The summed E-state index contributed by atoms with van der Waals surface area (Å²) in [5, 5.41) is 0. The van der Waals surface area contributed by atoms with Crippen LogP contribution in [0.3, 0.4) is 0 Å². The SMILES string of the molecule is O=S(=O)(O)N(CCOC(F)(F)C(F)(F)F)CCOC(F)(F)C(F)(F)F. The summed E-state index contributed by atoms with van der Waals surface area (Å²) in [5.74, 6) is 0. The highest BCUT2D eigenvalue weighted by atomic mass is 32.2. The molecule has 0 spiro atoms. The molecule has 0 atom stereocenters. The Balaban J connectivity index is 4.71. The molecule has 0 fully saturated rings. The van der Waals surface area contributed by atoms with Crippen LogP contribution in [0, 0.1) is 0 Å². The Hall–Kier alpha value is -0.910. The van der Waals surface area contributed by atoms with Gasteiger partial charge in [-0.3, -0.25) is 4.55 Å². The van der Waals surface area contributed by atoms with E-state index in [2.05, 4.69) is 9.47 Å². The maximum absolute atomic E-state index is 12.4. The van der Waals surface area contributed by atoms with Gasteiger partial charge < -0.3 is 9.47 Å². The molecule has 0 aliphatic heterocycles. The van der Waals surface area contributed by atoms with E-state index in [1.54, 1.807) is 0 Å². The average molecular weight is 421 g/mol. The van der Waals surface area contributed by atoms with Crippen LogP contribution in [0.25, 0.3) is 0 Å². The topological polar surface area (TPSA) is 76.1 Å². The molecule has 0 aromatic heterocycles. The van der Waals surface area contributed by atoms with Crippen molar-refractivity contribution >= 4 is 10.3 Å². The molecule has 0 bridgehead atoms. The fourth-order valence-corrected chi connectivity index (χ4v) is 1.67. The molecule has 0 heterocycles. The molecule has 0 aromatic rings. The minimum absolute atomic E-state index is 0.411. The zero-order valence-electron chi connectivity index (χ0n) is 11.5. The van der Waals surface area contributed by atoms with Crippen molar-refractivity contribution in [2.45, 2.75) is 24.6 Å². The number of hydrogen-bond acceptors (Lipinski definition) is 4. The standard InChI is InChI=1S/C8H9F10NO5S/c9-5(10,11)7(15,16)23-3-1-19(25(20,21)22)2-4-24-8(17,18)6(12,13)14/h1-4H2,(H,20,21,22). The Morgan fingerprint density at radius 1 is 0.720 bits per heavy atom. The molecule has 17 heteroatoms. The van der Waals surface area contributed by atoms with Crippen LogP contribution in [-0.4, -0.2) is 68.1 Å². The van der Waals surface area contributed by atoms with Gasteiger partial charge in [0.1, 0.15) is 0 Å². The van der Waals surface area contributed by atoms with E-state index in [1.165, 1.54) is 0 Å². The van der Waals surface area contributed by atoms with Gasteiger partial charge >= 0.3 is 34.9 Å². The molecule has 0 aliphatic carbocycles. The predicted octanol–water partition coefficient (Wildman–Crippen LogP) is 2.43. The fourth-order valence-electron chi connectivity index (χ4n) is 1.06. The fraction of sp³-hybridized carbons (Fsp3) is 1.00. The van der Waals surface area contributed by atoms with Crippen LogP contribution in [-0.2, 0) is 19.8 Å². The summed E-state index contributed by atoms with van der Waals surface area (Å²) >= 11 is 0. The normalized spacial score (nSPS) is 15.0. The third-order valence-electron chi connectivity index (χ3n) is 2.23. The smallest absolute Gasteiger partial charge is 0.312 e. The van der Waals surface area contributed by atoms with E-state index in [-0.39, 0.29) is 0 Å². The lowest BCUT2D eigenvalue weighted by molar-refractivity contribution is -0.392. The number of halogens is 10. The van der Waals surface area contributed by atoms with Gasteiger partial charge in [0, 0.05) is 13.1 Å². The van der Waals surface area contributed by atoms with Crippen LogP contribution in [0.15, 0.2) is 0 Å². The quantitative estimate of drug-likeness (QED) is 0.457. The van der Waals surface area contributed by atoms with E-state index in [0.717, 1.165) is 0 Å². The first kappa shape index (κ1) is 24.1. The van der Waals surface area contributed by atoms with Crippen molar-refractivity contribution in [1.29, 1.82) is 0 Å². The average Bonchev–Trinajstić information content (AvgIpc) is 2.32. The van der Waals surface area contributed by atoms with Crippen LogP contribution < -0.4 is 0 Å². The molecular formula is C8H9F10NO5S. The van der Waals surface area contributed by atoms with Gasteiger partial charge in [0.2, 0.25) is 0 Å². The highest BCUT2D eigenvalue weighted by Gasteiger charge is 2.60. The molecule has 1 N–H and O–H groups in total. The monoisotopic (exact) mass is 421 g/mol. The Bertz CT molecular complexity index is 498. The highest BCUT2D eigenvalue weighted by Crippen LogP contribution is 2.37. The van der Waals surface area contributed by atoms with E-state index in [4.69, 9.17) is 4.55 Å². The Labute approximate surface area is 133 Å². The minimum Gasteiger partial charge on any atom is -0.312 e. The van der Waals surface area contributed by atoms with Crippen molar-refractivity contribution in [1.82, 2.24) is 4.31 Å². The van der Waals surface area contributed by atoms with E-state index in [1.807, 2.05) is 0 Å². The van der Waals surface area contributed by atoms with E-state index in [0.29, 0.717) is 0 Å². The summed E-state index contributed by atoms with van der Waals surface area (Å²) in [6, 6.07) is 0. The lowest BCUT2D eigenvalue weighted by Crippen LogP contribution is -2.44. The maximum Gasteiger partial charge on any atom is 0.482 e. The summed E-state index contributed by atoms with van der Waals surface area (Å²) in [4.78, 5) is 0. The zero-order valence-corrected chi connectivity index (χ0v) is 12.4. The van der Waals surface area contributed by atoms with Crippen molar-refractivity contribution in [2.75, 3.05) is 26.3 Å². The second kappa shape index (κ2) is 7.77.